The monoisotopic (exact) mass is 443 g/mol. The number of fused-ring (bicyclic) bond motifs is 1. The quantitative estimate of drug-likeness (QED) is 0.586. The summed E-state index contributed by atoms with van der Waals surface area (Å²) in [5.74, 6) is 1.17. The number of benzene rings is 2. The van der Waals surface area contributed by atoms with Crippen LogP contribution in [0, 0.1) is 6.92 Å². The first-order valence-corrected chi connectivity index (χ1v) is 10.5. The van der Waals surface area contributed by atoms with Gasteiger partial charge in [-0.05, 0) is 37.5 Å². The number of ether oxygens (including phenoxy) is 2. The predicted molar refractivity (Wildman–Crippen MR) is 116 cm³/mol. The Morgan fingerprint density at radius 2 is 1.83 bits per heavy atom. The number of carbonyl (C=O) groups is 1. The van der Waals surface area contributed by atoms with Crippen molar-refractivity contribution in [3.8, 4) is 17.2 Å². The third-order valence-corrected chi connectivity index (χ3v) is 6.02. The summed E-state index contributed by atoms with van der Waals surface area (Å²) >= 11 is 12.7. The van der Waals surface area contributed by atoms with Gasteiger partial charge in [0.1, 0.15) is 13.2 Å². The fourth-order valence-corrected chi connectivity index (χ4v) is 3.93. The predicted octanol–water partition coefficient (Wildman–Crippen LogP) is 5.39. The number of rotatable bonds is 4. The Morgan fingerprint density at radius 1 is 1.10 bits per heavy atom. The molecule has 3 aromatic rings. The Morgan fingerprint density at radius 3 is 2.53 bits per heavy atom. The van der Waals surface area contributed by atoms with Crippen LogP contribution in [-0.4, -0.2) is 28.9 Å². The molecule has 0 unspecified atom stereocenters. The molecule has 1 aliphatic carbocycles. The molecular weight excluding hydrogens is 425 g/mol. The molecule has 8 heteroatoms. The highest BCUT2D eigenvalue weighted by Crippen LogP contribution is 2.43. The highest BCUT2D eigenvalue weighted by atomic mass is 35.5. The molecule has 154 valence electrons. The fraction of sp³-hybridized carbons (Fsp3) is 0.273. The molecule has 2 aromatic carbocycles. The molecule has 0 saturated heterocycles. The molecule has 5 rings (SSSR count). The normalized spacial score (nSPS) is 15.2. The van der Waals surface area contributed by atoms with Gasteiger partial charge in [0.05, 0.1) is 33.9 Å². The topological polar surface area (TPSA) is 65.4 Å². The van der Waals surface area contributed by atoms with Crippen LogP contribution in [0.3, 0.4) is 0 Å². The summed E-state index contributed by atoms with van der Waals surface area (Å²) in [6, 6.07) is 9.13. The van der Waals surface area contributed by atoms with Gasteiger partial charge in [0.2, 0.25) is 0 Å². The molecule has 6 nitrogen and oxygen atoms in total. The number of hydrogen-bond acceptors (Lipinski definition) is 4. The van der Waals surface area contributed by atoms with Crippen molar-refractivity contribution in [2.24, 2.45) is 0 Å². The van der Waals surface area contributed by atoms with Gasteiger partial charge in [-0.3, -0.25) is 4.79 Å². The van der Waals surface area contributed by atoms with Crippen molar-refractivity contribution in [2.75, 3.05) is 18.5 Å². The van der Waals surface area contributed by atoms with E-state index >= 15 is 0 Å². The van der Waals surface area contributed by atoms with Crippen LogP contribution in [0.2, 0.25) is 10.0 Å². The number of amides is 1. The number of nitrogens with zero attached hydrogens (tertiary/aromatic N) is 2. The second kappa shape index (κ2) is 7.52. The average Bonchev–Trinajstić information content (AvgIpc) is 3.48. The molecule has 1 saturated carbocycles. The van der Waals surface area contributed by atoms with Crippen molar-refractivity contribution >= 4 is 34.8 Å². The Hall–Kier alpha value is -2.70. The highest BCUT2D eigenvalue weighted by Gasteiger charge is 2.33. The summed E-state index contributed by atoms with van der Waals surface area (Å²) in [6.07, 6.45) is 3.65. The van der Waals surface area contributed by atoms with Crippen molar-refractivity contribution < 1.29 is 14.3 Å². The van der Waals surface area contributed by atoms with Crippen molar-refractivity contribution in [3.05, 3.63) is 63.4 Å². The van der Waals surface area contributed by atoms with Crippen molar-refractivity contribution in [1.82, 2.24) is 9.78 Å². The van der Waals surface area contributed by atoms with Gasteiger partial charge in [-0.15, -0.1) is 0 Å². The Labute approximate surface area is 183 Å². The Bertz CT molecular complexity index is 1150. The van der Waals surface area contributed by atoms with Gasteiger partial charge in [-0.1, -0.05) is 29.3 Å². The first-order valence-electron chi connectivity index (χ1n) is 9.76. The summed E-state index contributed by atoms with van der Waals surface area (Å²) in [4.78, 5) is 13.1. The average molecular weight is 444 g/mol. The van der Waals surface area contributed by atoms with Crippen molar-refractivity contribution in [2.45, 2.75) is 25.7 Å². The van der Waals surface area contributed by atoms with Gasteiger partial charge in [0.25, 0.3) is 5.91 Å². The molecule has 0 bridgehead atoms. The minimum atomic E-state index is -0.264. The SMILES string of the molecule is Cc1ccc(-n2ncc(C(=O)Nc3cc4c(cc3Cl)OCCO4)c2C2CC2)cc1Cl. The van der Waals surface area contributed by atoms with Crippen LogP contribution in [0.15, 0.2) is 36.5 Å². The largest absolute Gasteiger partial charge is 0.486 e. The lowest BCUT2D eigenvalue weighted by Crippen LogP contribution is -2.17. The van der Waals surface area contributed by atoms with Crippen LogP contribution >= 0.6 is 23.2 Å². The van der Waals surface area contributed by atoms with E-state index in [-0.39, 0.29) is 5.91 Å². The molecule has 30 heavy (non-hydrogen) atoms. The van der Waals surface area contributed by atoms with Crippen LogP contribution in [-0.2, 0) is 0 Å². The maximum absolute atomic E-state index is 13.1. The standard InChI is InChI=1S/C22H19Cl2N3O3/c1-12-2-5-14(8-16(12)23)27-21(13-3-4-13)15(11-25-27)22(28)26-18-10-20-19(9-17(18)24)29-6-7-30-20/h2,5,8-11,13H,3-4,6-7H2,1H3,(H,26,28). The Kier molecular flexibility index (Phi) is 4.83. The molecule has 1 amide bonds. The zero-order chi connectivity index (χ0) is 20.8. The Balaban J connectivity index is 1.48. The van der Waals surface area contributed by atoms with Gasteiger partial charge in [-0.2, -0.15) is 5.10 Å². The third-order valence-electron chi connectivity index (χ3n) is 5.30. The number of hydrogen-bond donors (Lipinski definition) is 1. The van der Waals surface area contributed by atoms with E-state index in [1.807, 2.05) is 29.8 Å². The molecule has 0 spiro atoms. The number of halogens is 2. The number of nitrogens with one attached hydrogen (secondary N) is 1. The lowest BCUT2D eigenvalue weighted by Gasteiger charge is -2.20. The number of anilines is 1. The summed E-state index contributed by atoms with van der Waals surface area (Å²) < 4.78 is 12.9. The number of aromatic nitrogens is 2. The van der Waals surface area contributed by atoms with Gasteiger partial charge in [-0.25, -0.2) is 4.68 Å². The maximum Gasteiger partial charge on any atom is 0.259 e. The fourth-order valence-electron chi connectivity index (χ4n) is 3.55. The van der Waals surface area contributed by atoms with Gasteiger partial charge in [0.15, 0.2) is 11.5 Å². The second-order valence-electron chi connectivity index (χ2n) is 7.49. The molecular formula is C22H19Cl2N3O3. The molecule has 1 fully saturated rings. The molecule has 1 aromatic heterocycles. The number of aryl methyl sites for hydroxylation is 1. The minimum absolute atomic E-state index is 0.264. The third kappa shape index (κ3) is 3.50. The van der Waals surface area contributed by atoms with Crippen LogP contribution in [0.4, 0.5) is 5.69 Å². The smallest absolute Gasteiger partial charge is 0.259 e. The van der Waals surface area contributed by atoms with Crippen molar-refractivity contribution in [3.63, 3.8) is 0 Å². The molecule has 1 aliphatic heterocycles. The van der Waals surface area contributed by atoms with Crippen LogP contribution in [0.5, 0.6) is 11.5 Å². The molecule has 2 heterocycles. The first-order chi connectivity index (χ1) is 14.5. The second-order valence-corrected chi connectivity index (χ2v) is 8.31. The summed E-state index contributed by atoms with van der Waals surface area (Å²) in [7, 11) is 0. The first kappa shape index (κ1) is 19.3. The summed E-state index contributed by atoms with van der Waals surface area (Å²) in [5, 5.41) is 8.45. The zero-order valence-corrected chi connectivity index (χ0v) is 17.8. The minimum Gasteiger partial charge on any atom is -0.486 e. The van der Waals surface area contributed by atoms with E-state index in [0.29, 0.717) is 51.9 Å². The van der Waals surface area contributed by atoms with E-state index in [1.165, 1.54) is 0 Å². The van der Waals surface area contributed by atoms with Gasteiger partial charge >= 0.3 is 0 Å². The lowest BCUT2D eigenvalue weighted by atomic mass is 10.1. The molecule has 0 atom stereocenters. The van der Waals surface area contributed by atoms with Crippen molar-refractivity contribution in [1.29, 1.82) is 0 Å². The molecule has 2 aliphatic rings. The molecule has 0 radical (unpaired) electrons. The maximum atomic E-state index is 13.1. The molecule has 1 N–H and O–H groups in total. The van der Waals surface area contributed by atoms with E-state index in [4.69, 9.17) is 32.7 Å². The zero-order valence-electron chi connectivity index (χ0n) is 16.2. The van der Waals surface area contributed by atoms with Crippen LogP contribution in [0.1, 0.15) is 40.4 Å². The van der Waals surface area contributed by atoms with Gasteiger partial charge < -0.3 is 14.8 Å². The van der Waals surface area contributed by atoms with E-state index < -0.39 is 0 Å². The number of carbonyl (C=O) groups excluding carboxylic acids is 1. The van der Waals surface area contributed by atoms with E-state index in [2.05, 4.69) is 10.4 Å². The summed E-state index contributed by atoms with van der Waals surface area (Å²) in [6.45, 7) is 2.88. The highest BCUT2D eigenvalue weighted by molar-refractivity contribution is 6.34. The summed E-state index contributed by atoms with van der Waals surface area (Å²) in [5.41, 5.74) is 3.72. The lowest BCUT2D eigenvalue weighted by molar-refractivity contribution is 0.102. The van der Waals surface area contributed by atoms with E-state index in [9.17, 15) is 4.79 Å². The van der Waals surface area contributed by atoms with E-state index in [0.717, 1.165) is 29.8 Å². The van der Waals surface area contributed by atoms with Gasteiger partial charge in [0, 0.05) is 23.1 Å². The van der Waals surface area contributed by atoms with Crippen LogP contribution in [0.25, 0.3) is 5.69 Å². The van der Waals surface area contributed by atoms with E-state index in [1.54, 1.807) is 18.3 Å². The van der Waals surface area contributed by atoms with Crippen LogP contribution < -0.4 is 14.8 Å².